The van der Waals surface area contributed by atoms with Gasteiger partial charge in [-0.15, -0.1) is 0 Å². The summed E-state index contributed by atoms with van der Waals surface area (Å²) in [6.45, 7) is 4.11. The monoisotopic (exact) mass is 255 g/mol. The standard InChI is InChI=1S/C12H18ClN3O/c1-2-9-4-3-6-16(7-5-9)11-10(13)12(17)15-8-14-11/h8-9H,2-7H2,1H3,(H,14,15,17). The van der Waals surface area contributed by atoms with Gasteiger partial charge in [0.1, 0.15) is 5.02 Å². The van der Waals surface area contributed by atoms with E-state index in [0.717, 1.165) is 31.8 Å². The van der Waals surface area contributed by atoms with E-state index in [1.807, 2.05) is 0 Å². The summed E-state index contributed by atoms with van der Waals surface area (Å²) in [6, 6.07) is 0. The van der Waals surface area contributed by atoms with E-state index in [1.165, 1.54) is 19.2 Å². The molecular weight excluding hydrogens is 238 g/mol. The molecule has 1 unspecified atom stereocenters. The summed E-state index contributed by atoms with van der Waals surface area (Å²) in [4.78, 5) is 20.2. The molecule has 5 heteroatoms. The maximum Gasteiger partial charge on any atom is 0.271 e. The molecule has 1 saturated heterocycles. The van der Waals surface area contributed by atoms with Gasteiger partial charge in [-0.1, -0.05) is 24.9 Å². The van der Waals surface area contributed by atoms with Crippen molar-refractivity contribution in [2.24, 2.45) is 5.92 Å². The molecule has 1 aromatic rings. The third kappa shape index (κ3) is 2.80. The van der Waals surface area contributed by atoms with Gasteiger partial charge in [0, 0.05) is 13.1 Å². The van der Waals surface area contributed by atoms with Gasteiger partial charge in [-0.3, -0.25) is 4.79 Å². The van der Waals surface area contributed by atoms with Crippen LogP contribution in [-0.2, 0) is 0 Å². The highest BCUT2D eigenvalue weighted by atomic mass is 35.5. The van der Waals surface area contributed by atoms with E-state index in [-0.39, 0.29) is 10.6 Å². The number of aromatic nitrogens is 2. The Balaban J connectivity index is 2.17. The van der Waals surface area contributed by atoms with Crippen LogP contribution in [0.4, 0.5) is 5.82 Å². The molecule has 1 fully saturated rings. The number of nitrogens with zero attached hydrogens (tertiary/aromatic N) is 2. The molecule has 2 rings (SSSR count). The fourth-order valence-corrected chi connectivity index (χ4v) is 2.60. The van der Waals surface area contributed by atoms with E-state index in [0.29, 0.717) is 5.82 Å². The van der Waals surface area contributed by atoms with Crippen molar-refractivity contribution in [3.8, 4) is 0 Å². The van der Waals surface area contributed by atoms with Crippen LogP contribution in [0.2, 0.25) is 5.02 Å². The van der Waals surface area contributed by atoms with Crippen LogP contribution in [0, 0.1) is 5.92 Å². The van der Waals surface area contributed by atoms with Crippen molar-refractivity contribution >= 4 is 17.4 Å². The minimum Gasteiger partial charge on any atom is -0.355 e. The van der Waals surface area contributed by atoms with Gasteiger partial charge in [-0.2, -0.15) is 0 Å². The number of anilines is 1. The normalized spacial score (nSPS) is 21.3. The van der Waals surface area contributed by atoms with E-state index in [9.17, 15) is 4.79 Å². The van der Waals surface area contributed by atoms with Crippen molar-refractivity contribution in [3.05, 3.63) is 21.7 Å². The quantitative estimate of drug-likeness (QED) is 0.883. The Kier molecular flexibility index (Phi) is 4.05. The van der Waals surface area contributed by atoms with Crippen molar-refractivity contribution in [2.45, 2.75) is 32.6 Å². The molecule has 0 aromatic carbocycles. The van der Waals surface area contributed by atoms with Gasteiger partial charge in [0.25, 0.3) is 5.56 Å². The molecule has 0 bridgehead atoms. The Bertz CT molecular complexity index is 432. The Morgan fingerprint density at radius 1 is 1.53 bits per heavy atom. The van der Waals surface area contributed by atoms with Gasteiger partial charge < -0.3 is 9.88 Å². The summed E-state index contributed by atoms with van der Waals surface area (Å²) in [6.07, 6.45) is 6.20. The summed E-state index contributed by atoms with van der Waals surface area (Å²) >= 11 is 6.00. The molecule has 4 nitrogen and oxygen atoms in total. The highest BCUT2D eigenvalue weighted by molar-refractivity contribution is 6.32. The summed E-state index contributed by atoms with van der Waals surface area (Å²) in [5.41, 5.74) is -0.257. The lowest BCUT2D eigenvalue weighted by atomic mass is 9.98. The fourth-order valence-electron chi connectivity index (χ4n) is 2.38. The second kappa shape index (κ2) is 5.54. The van der Waals surface area contributed by atoms with Crippen LogP contribution in [0.25, 0.3) is 0 Å². The lowest BCUT2D eigenvalue weighted by Gasteiger charge is -2.21. The summed E-state index contributed by atoms with van der Waals surface area (Å²) in [7, 11) is 0. The third-order valence-corrected chi connectivity index (χ3v) is 3.84. The van der Waals surface area contributed by atoms with Crippen LogP contribution in [0.1, 0.15) is 32.6 Å². The summed E-state index contributed by atoms with van der Waals surface area (Å²) in [5.74, 6) is 1.42. The van der Waals surface area contributed by atoms with Crippen LogP contribution in [0.3, 0.4) is 0 Å². The second-order valence-electron chi connectivity index (χ2n) is 4.56. The van der Waals surface area contributed by atoms with Crippen molar-refractivity contribution in [3.63, 3.8) is 0 Å². The zero-order valence-corrected chi connectivity index (χ0v) is 10.8. The molecule has 1 aromatic heterocycles. The van der Waals surface area contributed by atoms with E-state index in [2.05, 4.69) is 21.8 Å². The van der Waals surface area contributed by atoms with Crippen LogP contribution < -0.4 is 10.5 Å². The number of rotatable bonds is 2. The molecule has 1 aliphatic rings. The molecule has 1 aliphatic heterocycles. The van der Waals surface area contributed by atoms with Crippen LogP contribution >= 0.6 is 11.6 Å². The first-order chi connectivity index (χ1) is 8.22. The van der Waals surface area contributed by atoms with Gasteiger partial charge in [-0.05, 0) is 25.2 Å². The molecule has 17 heavy (non-hydrogen) atoms. The van der Waals surface area contributed by atoms with Crippen molar-refractivity contribution in [2.75, 3.05) is 18.0 Å². The zero-order chi connectivity index (χ0) is 12.3. The highest BCUT2D eigenvalue weighted by Gasteiger charge is 2.19. The first-order valence-corrected chi connectivity index (χ1v) is 6.58. The van der Waals surface area contributed by atoms with Gasteiger partial charge in [0.2, 0.25) is 0 Å². The van der Waals surface area contributed by atoms with Gasteiger partial charge in [0.15, 0.2) is 5.82 Å². The second-order valence-corrected chi connectivity index (χ2v) is 4.94. The van der Waals surface area contributed by atoms with E-state index in [4.69, 9.17) is 11.6 Å². The molecule has 2 heterocycles. The molecule has 0 spiro atoms. The molecule has 0 saturated carbocycles. The number of hydrogen-bond donors (Lipinski definition) is 1. The van der Waals surface area contributed by atoms with Gasteiger partial charge >= 0.3 is 0 Å². The predicted molar refractivity (Wildman–Crippen MR) is 69.7 cm³/mol. The zero-order valence-electron chi connectivity index (χ0n) is 10.1. The minimum atomic E-state index is -0.257. The fraction of sp³-hybridized carbons (Fsp3) is 0.667. The number of aromatic amines is 1. The van der Waals surface area contributed by atoms with Gasteiger partial charge in [0.05, 0.1) is 6.33 Å². The Morgan fingerprint density at radius 3 is 3.12 bits per heavy atom. The first kappa shape index (κ1) is 12.4. The Morgan fingerprint density at radius 2 is 2.35 bits per heavy atom. The Hall–Kier alpha value is -1.03. The summed E-state index contributed by atoms with van der Waals surface area (Å²) < 4.78 is 0. The van der Waals surface area contributed by atoms with Gasteiger partial charge in [-0.25, -0.2) is 4.98 Å². The number of nitrogens with one attached hydrogen (secondary N) is 1. The van der Waals surface area contributed by atoms with Crippen molar-refractivity contribution in [1.82, 2.24) is 9.97 Å². The smallest absolute Gasteiger partial charge is 0.271 e. The molecule has 94 valence electrons. The van der Waals surface area contributed by atoms with Crippen LogP contribution in [0.5, 0.6) is 0 Å². The van der Waals surface area contributed by atoms with Crippen molar-refractivity contribution in [1.29, 1.82) is 0 Å². The maximum absolute atomic E-state index is 11.4. The van der Waals surface area contributed by atoms with E-state index < -0.39 is 0 Å². The molecule has 0 aliphatic carbocycles. The molecule has 1 N–H and O–H groups in total. The number of H-pyrrole nitrogens is 1. The Labute approximate surface area is 106 Å². The third-order valence-electron chi connectivity index (χ3n) is 3.50. The van der Waals surface area contributed by atoms with Crippen molar-refractivity contribution < 1.29 is 0 Å². The molecular formula is C12H18ClN3O. The number of hydrogen-bond acceptors (Lipinski definition) is 3. The first-order valence-electron chi connectivity index (χ1n) is 6.20. The van der Waals surface area contributed by atoms with Crippen LogP contribution in [0.15, 0.2) is 11.1 Å². The lowest BCUT2D eigenvalue weighted by Crippen LogP contribution is -2.27. The van der Waals surface area contributed by atoms with E-state index in [1.54, 1.807) is 0 Å². The topological polar surface area (TPSA) is 49.0 Å². The summed E-state index contributed by atoms with van der Waals surface area (Å²) in [5, 5.41) is 0.211. The predicted octanol–water partition coefficient (Wildman–Crippen LogP) is 2.44. The van der Waals surface area contributed by atoms with E-state index >= 15 is 0 Å². The molecule has 1 atom stereocenters. The minimum absolute atomic E-state index is 0.211. The lowest BCUT2D eigenvalue weighted by molar-refractivity contribution is 0.459. The number of halogens is 1. The molecule has 0 amide bonds. The average molecular weight is 256 g/mol. The SMILES string of the molecule is CCC1CCCN(c2nc[nH]c(=O)c2Cl)CC1. The van der Waals surface area contributed by atoms with Crippen LogP contribution in [-0.4, -0.2) is 23.1 Å². The maximum atomic E-state index is 11.4. The molecule has 0 radical (unpaired) electrons. The largest absolute Gasteiger partial charge is 0.355 e. The average Bonchev–Trinajstić information content (AvgIpc) is 2.58. The highest BCUT2D eigenvalue weighted by Crippen LogP contribution is 2.25.